The number of aromatic nitrogens is 2. The third kappa shape index (κ3) is 4.47. The second kappa shape index (κ2) is 8.35. The van der Waals surface area contributed by atoms with Crippen LogP contribution in [-0.2, 0) is 11.2 Å². The standard InChI is InChI=1S/C24H19N3O2/c28-20-13-11-19(12-14-20)23-24(27-22(29)15-17-7-3-1-4-8-17)25-16-21(26-23)18-9-5-2-6-10-18/h1-14,16,28H,15H2,(H,25,27,29). The molecule has 4 aromatic rings. The number of carbonyl (C=O) groups is 1. The molecule has 0 bridgehead atoms. The molecular formula is C24H19N3O2. The number of benzene rings is 3. The van der Waals surface area contributed by atoms with E-state index in [1.54, 1.807) is 30.5 Å². The van der Waals surface area contributed by atoms with Crippen LogP contribution in [0.25, 0.3) is 22.5 Å². The Kier molecular flexibility index (Phi) is 5.29. The molecule has 4 rings (SSSR count). The Morgan fingerprint density at radius 2 is 1.48 bits per heavy atom. The zero-order valence-electron chi connectivity index (χ0n) is 15.6. The zero-order chi connectivity index (χ0) is 20.1. The molecule has 0 saturated carbocycles. The van der Waals surface area contributed by atoms with Crippen LogP contribution in [-0.4, -0.2) is 21.0 Å². The lowest BCUT2D eigenvalue weighted by molar-refractivity contribution is -0.115. The molecule has 0 aliphatic carbocycles. The van der Waals surface area contributed by atoms with E-state index in [0.717, 1.165) is 16.7 Å². The lowest BCUT2D eigenvalue weighted by Gasteiger charge is -2.12. The Balaban J connectivity index is 1.68. The minimum atomic E-state index is -0.169. The molecule has 29 heavy (non-hydrogen) atoms. The fourth-order valence-electron chi connectivity index (χ4n) is 3.01. The number of rotatable bonds is 5. The van der Waals surface area contributed by atoms with E-state index in [4.69, 9.17) is 4.98 Å². The predicted molar refractivity (Wildman–Crippen MR) is 113 cm³/mol. The van der Waals surface area contributed by atoms with Gasteiger partial charge in [-0.3, -0.25) is 4.79 Å². The molecule has 142 valence electrons. The first-order valence-corrected chi connectivity index (χ1v) is 9.25. The summed E-state index contributed by atoms with van der Waals surface area (Å²) in [6.07, 6.45) is 1.90. The van der Waals surface area contributed by atoms with Gasteiger partial charge in [-0.05, 0) is 29.8 Å². The molecule has 0 fully saturated rings. The van der Waals surface area contributed by atoms with Crippen LogP contribution >= 0.6 is 0 Å². The average Bonchev–Trinajstić information content (AvgIpc) is 2.76. The monoisotopic (exact) mass is 381 g/mol. The molecule has 2 N–H and O–H groups in total. The summed E-state index contributed by atoms with van der Waals surface area (Å²) < 4.78 is 0. The molecule has 5 heteroatoms. The van der Waals surface area contributed by atoms with Crippen LogP contribution in [0, 0.1) is 0 Å². The van der Waals surface area contributed by atoms with Crippen molar-refractivity contribution in [3.8, 4) is 28.3 Å². The van der Waals surface area contributed by atoms with Gasteiger partial charge in [-0.1, -0.05) is 60.7 Å². The summed E-state index contributed by atoms with van der Waals surface area (Å²) in [5.41, 5.74) is 3.86. The van der Waals surface area contributed by atoms with Crippen molar-refractivity contribution in [1.29, 1.82) is 0 Å². The van der Waals surface area contributed by atoms with Crippen LogP contribution in [0.3, 0.4) is 0 Å². The number of phenols is 1. The molecule has 1 heterocycles. The molecule has 0 aliphatic rings. The number of hydrogen-bond acceptors (Lipinski definition) is 4. The summed E-state index contributed by atoms with van der Waals surface area (Å²) in [4.78, 5) is 21.8. The van der Waals surface area contributed by atoms with E-state index in [1.807, 2.05) is 60.7 Å². The van der Waals surface area contributed by atoms with Gasteiger partial charge in [0.15, 0.2) is 5.82 Å². The molecule has 0 atom stereocenters. The minimum Gasteiger partial charge on any atom is -0.508 e. The van der Waals surface area contributed by atoms with E-state index in [0.29, 0.717) is 17.2 Å². The molecule has 0 radical (unpaired) electrons. The SMILES string of the molecule is O=C(Cc1ccccc1)Nc1ncc(-c2ccccc2)nc1-c1ccc(O)cc1. The van der Waals surface area contributed by atoms with E-state index in [9.17, 15) is 9.90 Å². The van der Waals surface area contributed by atoms with Crippen LogP contribution in [0.1, 0.15) is 5.56 Å². The number of nitrogens with zero attached hydrogens (tertiary/aromatic N) is 2. The first-order chi connectivity index (χ1) is 14.2. The first kappa shape index (κ1) is 18.4. The van der Waals surface area contributed by atoms with E-state index in [-0.39, 0.29) is 18.1 Å². The van der Waals surface area contributed by atoms with Crippen molar-refractivity contribution in [2.75, 3.05) is 5.32 Å². The van der Waals surface area contributed by atoms with Crippen LogP contribution in [0.15, 0.2) is 91.1 Å². The van der Waals surface area contributed by atoms with Gasteiger partial charge in [0.1, 0.15) is 11.4 Å². The Morgan fingerprint density at radius 1 is 0.828 bits per heavy atom. The molecule has 0 unspecified atom stereocenters. The Labute approximate surface area is 168 Å². The molecular weight excluding hydrogens is 362 g/mol. The first-order valence-electron chi connectivity index (χ1n) is 9.25. The highest BCUT2D eigenvalue weighted by atomic mass is 16.3. The quantitative estimate of drug-likeness (QED) is 0.526. The van der Waals surface area contributed by atoms with Crippen molar-refractivity contribution in [2.45, 2.75) is 6.42 Å². The second-order valence-corrected chi connectivity index (χ2v) is 6.58. The van der Waals surface area contributed by atoms with Crippen LogP contribution in [0.2, 0.25) is 0 Å². The maximum Gasteiger partial charge on any atom is 0.230 e. The minimum absolute atomic E-state index is 0.163. The van der Waals surface area contributed by atoms with Gasteiger partial charge in [0.05, 0.1) is 18.3 Å². The Hall–Kier alpha value is -3.99. The van der Waals surface area contributed by atoms with Gasteiger partial charge in [-0.2, -0.15) is 0 Å². The molecule has 1 amide bonds. The maximum absolute atomic E-state index is 12.6. The van der Waals surface area contributed by atoms with Gasteiger partial charge in [0.25, 0.3) is 0 Å². The summed E-state index contributed by atoms with van der Waals surface area (Å²) in [6.45, 7) is 0. The number of nitrogens with one attached hydrogen (secondary N) is 1. The Bertz CT molecular complexity index is 1110. The Morgan fingerprint density at radius 3 is 2.17 bits per heavy atom. The number of phenolic OH excluding ortho intramolecular Hbond substituents is 1. The van der Waals surface area contributed by atoms with Crippen LogP contribution in [0.4, 0.5) is 5.82 Å². The van der Waals surface area contributed by atoms with Gasteiger partial charge < -0.3 is 10.4 Å². The smallest absolute Gasteiger partial charge is 0.230 e. The van der Waals surface area contributed by atoms with Crippen molar-refractivity contribution in [3.63, 3.8) is 0 Å². The van der Waals surface area contributed by atoms with E-state index in [2.05, 4.69) is 10.3 Å². The van der Waals surface area contributed by atoms with Crippen molar-refractivity contribution in [3.05, 3.63) is 96.7 Å². The van der Waals surface area contributed by atoms with Gasteiger partial charge in [0, 0.05) is 11.1 Å². The molecule has 1 aromatic heterocycles. The average molecular weight is 381 g/mol. The van der Waals surface area contributed by atoms with E-state index >= 15 is 0 Å². The van der Waals surface area contributed by atoms with Crippen molar-refractivity contribution >= 4 is 11.7 Å². The summed E-state index contributed by atoms with van der Waals surface area (Å²) in [6, 6.07) is 25.9. The molecule has 5 nitrogen and oxygen atoms in total. The van der Waals surface area contributed by atoms with Gasteiger partial charge >= 0.3 is 0 Å². The fraction of sp³-hybridized carbons (Fsp3) is 0.0417. The highest BCUT2D eigenvalue weighted by molar-refractivity contribution is 5.94. The highest BCUT2D eigenvalue weighted by Crippen LogP contribution is 2.29. The third-order valence-electron chi connectivity index (χ3n) is 4.45. The number of carbonyl (C=O) groups excluding carboxylic acids is 1. The summed E-state index contributed by atoms with van der Waals surface area (Å²) in [7, 11) is 0. The van der Waals surface area contributed by atoms with Crippen molar-refractivity contribution < 1.29 is 9.90 Å². The molecule has 3 aromatic carbocycles. The van der Waals surface area contributed by atoms with Crippen LogP contribution in [0.5, 0.6) is 5.75 Å². The topological polar surface area (TPSA) is 75.1 Å². The number of aromatic hydroxyl groups is 1. The number of anilines is 1. The maximum atomic E-state index is 12.6. The summed E-state index contributed by atoms with van der Waals surface area (Å²) in [5, 5.41) is 12.5. The molecule has 0 spiro atoms. The van der Waals surface area contributed by atoms with Crippen molar-refractivity contribution in [1.82, 2.24) is 9.97 Å². The lowest BCUT2D eigenvalue weighted by atomic mass is 10.1. The fourth-order valence-corrected chi connectivity index (χ4v) is 3.01. The highest BCUT2D eigenvalue weighted by Gasteiger charge is 2.14. The second-order valence-electron chi connectivity index (χ2n) is 6.58. The van der Waals surface area contributed by atoms with Gasteiger partial charge in [-0.15, -0.1) is 0 Å². The molecule has 0 aliphatic heterocycles. The van der Waals surface area contributed by atoms with Crippen molar-refractivity contribution in [2.24, 2.45) is 0 Å². The number of hydrogen-bond donors (Lipinski definition) is 2. The normalized spacial score (nSPS) is 10.5. The lowest BCUT2D eigenvalue weighted by Crippen LogP contribution is -2.16. The van der Waals surface area contributed by atoms with E-state index < -0.39 is 0 Å². The summed E-state index contributed by atoms with van der Waals surface area (Å²) in [5.74, 6) is 0.380. The number of amides is 1. The van der Waals surface area contributed by atoms with Gasteiger partial charge in [0.2, 0.25) is 5.91 Å². The van der Waals surface area contributed by atoms with Crippen LogP contribution < -0.4 is 5.32 Å². The van der Waals surface area contributed by atoms with Gasteiger partial charge in [-0.25, -0.2) is 9.97 Å². The van der Waals surface area contributed by atoms with E-state index in [1.165, 1.54) is 0 Å². The predicted octanol–water partition coefficient (Wildman–Crippen LogP) is 4.70. The zero-order valence-corrected chi connectivity index (χ0v) is 15.6. The summed E-state index contributed by atoms with van der Waals surface area (Å²) >= 11 is 0. The third-order valence-corrected chi connectivity index (χ3v) is 4.45. The largest absolute Gasteiger partial charge is 0.508 e. The molecule has 0 saturated heterocycles.